The fourth-order valence-electron chi connectivity index (χ4n) is 1.92. The summed E-state index contributed by atoms with van der Waals surface area (Å²) in [6.45, 7) is -1.26. The van der Waals surface area contributed by atoms with E-state index in [0.29, 0.717) is 12.8 Å². The molecular weight excluding hydrogens is 286 g/mol. The molecule has 0 spiro atoms. The number of rotatable bonds is 3. The van der Waals surface area contributed by atoms with Crippen molar-refractivity contribution in [2.24, 2.45) is 0 Å². The Balaban J connectivity index is 2.45. The lowest BCUT2D eigenvalue weighted by atomic mass is 10.2. The summed E-state index contributed by atoms with van der Waals surface area (Å²) in [5, 5.41) is -0.406. The van der Waals surface area contributed by atoms with Crippen molar-refractivity contribution in [1.29, 1.82) is 0 Å². The first-order valence-electron chi connectivity index (χ1n) is 5.57. The van der Waals surface area contributed by atoms with E-state index in [0.717, 1.165) is 4.90 Å². The summed E-state index contributed by atoms with van der Waals surface area (Å²) in [7, 11) is 0. The lowest BCUT2D eigenvalue weighted by Crippen LogP contribution is -2.37. The minimum Gasteiger partial charge on any atom is -0.397 e. The molecule has 1 aromatic carbocycles. The van der Waals surface area contributed by atoms with E-state index in [-0.39, 0.29) is 23.1 Å². The first-order chi connectivity index (χ1) is 8.70. The Kier molecular flexibility index (Phi) is 3.42. The highest BCUT2D eigenvalue weighted by Gasteiger charge is 2.40. The van der Waals surface area contributed by atoms with Crippen LogP contribution in [0.15, 0.2) is 6.07 Å². The first-order valence-corrected chi connectivity index (χ1v) is 5.95. The summed E-state index contributed by atoms with van der Waals surface area (Å²) in [6.07, 6.45) is -3.32. The molecule has 8 heteroatoms. The molecule has 106 valence electrons. The van der Waals surface area contributed by atoms with Crippen LogP contribution < -0.4 is 16.4 Å². The van der Waals surface area contributed by atoms with Crippen molar-refractivity contribution in [2.75, 3.05) is 22.9 Å². The zero-order valence-electron chi connectivity index (χ0n) is 9.77. The van der Waals surface area contributed by atoms with E-state index >= 15 is 0 Å². The van der Waals surface area contributed by atoms with Crippen LogP contribution in [0, 0.1) is 5.82 Å². The zero-order valence-corrected chi connectivity index (χ0v) is 10.5. The maximum Gasteiger partial charge on any atom is 0.405 e. The molecule has 1 saturated carbocycles. The molecule has 2 rings (SSSR count). The van der Waals surface area contributed by atoms with E-state index < -0.39 is 23.6 Å². The Labute approximate surface area is 112 Å². The summed E-state index contributed by atoms with van der Waals surface area (Å²) >= 11 is 5.63. The van der Waals surface area contributed by atoms with Gasteiger partial charge in [0.15, 0.2) is 5.82 Å². The van der Waals surface area contributed by atoms with Crippen molar-refractivity contribution in [3.05, 3.63) is 16.9 Å². The predicted octanol–water partition coefficient (Wildman–Crippen LogP) is 3.17. The lowest BCUT2D eigenvalue weighted by Gasteiger charge is -2.28. The average Bonchev–Trinajstić information content (AvgIpc) is 3.06. The molecule has 19 heavy (non-hydrogen) atoms. The van der Waals surface area contributed by atoms with Gasteiger partial charge in [-0.1, -0.05) is 11.6 Å². The molecule has 0 aliphatic heterocycles. The van der Waals surface area contributed by atoms with Crippen molar-refractivity contribution in [1.82, 2.24) is 0 Å². The second-order valence-electron chi connectivity index (χ2n) is 4.51. The maximum absolute atomic E-state index is 14.0. The highest BCUT2D eigenvalue weighted by Crippen LogP contribution is 2.42. The number of hydrogen-bond donors (Lipinski definition) is 2. The fourth-order valence-corrected chi connectivity index (χ4v) is 2.06. The SMILES string of the molecule is Nc1cc(N)c(N(CC(F)(F)F)C2CC2)c(F)c1Cl. The standard InChI is InChI=1S/C11H12ClF4N3/c12-8-6(17)3-7(18)10(9(8)13)19(5-1-2-5)4-11(14,15)16/h3,5H,1-2,4,17-18H2. The Bertz CT molecular complexity index is 500. The molecule has 1 aliphatic carbocycles. The minimum absolute atomic E-state index is 0.0943. The van der Waals surface area contributed by atoms with Crippen molar-refractivity contribution in [3.8, 4) is 0 Å². The Hall–Kier alpha value is -1.37. The van der Waals surface area contributed by atoms with E-state index in [1.165, 1.54) is 6.07 Å². The third-order valence-corrected chi connectivity index (χ3v) is 3.25. The van der Waals surface area contributed by atoms with Gasteiger partial charge in [0.25, 0.3) is 0 Å². The summed E-state index contributed by atoms with van der Waals surface area (Å²) in [5.74, 6) is -1.00. The number of halogens is 5. The van der Waals surface area contributed by atoms with Gasteiger partial charge in [-0.05, 0) is 18.9 Å². The molecule has 0 unspecified atom stereocenters. The third kappa shape index (κ3) is 2.97. The number of hydrogen-bond acceptors (Lipinski definition) is 3. The largest absolute Gasteiger partial charge is 0.405 e. The van der Waals surface area contributed by atoms with Gasteiger partial charge >= 0.3 is 6.18 Å². The Morgan fingerprint density at radius 2 is 1.84 bits per heavy atom. The number of benzene rings is 1. The van der Waals surface area contributed by atoms with E-state index in [4.69, 9.17) is 23.1 Å². The molecular formula is C11H12ClF4N3. The third-order valence-electron chi connectivity index (χ3n) is 2.86. The van der Waals surface area contributed by atoms with Crippen molar-refractivity contribution in [2.45, 2.75) is 25.1 Å². The number of alkyl halides is 3. The highest BCUT2D eigenvalue weighted by atomic mass is 35.5. The smallest absolute Gasteiger partial charge is 0.397 e. The molecule has 3 nitrogen and oxygen atoms in total. The van der Waals surface area contributed by atoms with Gasteiger partial charge in [-0.2, -0.15) is 13.2 Å². The second-order valence-corrected chi connectivity index (χ2v) is 4.88. The Morgan fingerprint density at radius 3 is 2.32 bits per heavy atom. The van der Waals surface area contributed by atoms with E-state index in [1.54, 1.807) is 0 Å². The van der Waals surface area contributed by atoms with Crippen LogP contribution >= 0.6 is 11.6 Å². The lowest BCUT2D eigenvalue weighted by molar-refractivity contribution is -0.120. The van der Waals surface area contributed by atoms with Crippen LogP contribution in [0.4, 0.5) is 34.6 Å². The normalized spacial score (nSPS) is 15.6. The molecule has 0 heterocycles. The number of nitrogens with two attached hydrogens (primary N) is 2. The van der Waals surface area contributed by atoms with E-state index in [2.05, 4.69) is 0 Å². The van der Waals surface area contributed by atoms with Gasteiger partial charge in [0.1, 0.15) is 11.6 Å². The molecule has 0 amide bonds. The van der Waals surface area contributed by atoms with Gasteiger partial charge in [-0.25, -0.2) is 4.39 Å². The van der Waals surface area contributed by atoms with E-state index in [9.17, 15) is 17.6 Å². The molecule has 0 aromatic heterocycles. The molecule has 1 aromatic rings. The second kappa shape index (κ2) is 4.63. The highest BCUT2D eigenvalue weighted by molar-refractivity contribution is 6.33. The Morgan fingerprint density at radius 1 is 1.26 bits per heavy atom. The number of nitrogen functional groups attached to an aromatic ring is 2. The van der Waals surface area contributed by atoms with E-state index in [1.807, 2.05) is 0 Å². The van der Waals surface area contributed by atoms with Crippen LogP contribution in [0.2, 0.25) is 5.02 Å². The zero-order chi connectivity index (χ0) is 14.4. The first kappa shape index (κ1) is 14.0. The molecule has 1 fully saturated rings. The van der Waals surface area contributed by atoms with Gasteiger partial charge in [0.2, 0.25) is 0 Å². The van der Waals surface area contributed by atoms with Gasteiger partial charge < -0.3 is 16.4 Å². The van der Waals surface area contributed by atoms with Gasteiger partial charge in [0, 0.05) is 6.04 Å². The van der Waals surface area contributed by atoms with Crippen LogP contribution in [0.5, 0.6) is 0 Å². The predicted molar refractivity (Wildman–Crippen MR) is 66.7 cm³/mol. The molecule has 0 saturated heterocycles. The molecule has 0 bridgehead atoms. The van der Waals surface area contributed by atoms with Crippen molar-refractivity contribution in [3.63, 3.8) is 0 Å². The number of nitrogens with zero attached hydrogens (tertiary/aromatic N) is 1. The quantitative estimate of drug-likeness (QED) is 0.665. The van der Waals surface area contributed by atoms with Crippen LogP contribution in [0.1, 0.15) is 12.8 Å². The van der Waals surface area contributed by atoms with Crippen LogP contribution in [-0.2, 0) is 0 Å². The molecule has 0 radical (unpaired) electrons. The van der Waals surface area contributed by atoms with Gasteiger partial charge in [-0.3, -0.25) is 0 Å². The van der Waals surface area contributed by atoms with Crippen molar-refractivity contribution < 1.29 is 17.6 Å². The summed E-state index contributed by atoms with van der Waals surface area (Å²) in [6, 6.07) is 0.810. The van der Waals surface area contributed by atoms with Crippen LogP contribution in [0.25, 0.3) is 0 Å². The molecule has 0 atom stereocenters. The summed E-state index contributed by atoms with van der Waals surface area (Å²) in [5.41, 5.74) is 10.4. The molecule has 4 N–H and O–H groups in total. The summed E-state index contributed by atoms with van der Waals surface area (Å²) in [4.78, 5) is 0.913. The van der Waals surface area contributed by atoms with Gasteiger partial charge in [0.05, 0.1) is 17.1 Å². The topological polar surface area (TPSA) is 55.3 Å². The van der Waals surface area contributed by atoms with Crippen molar-refractivity contribution >= 4 is 28.7 Å². The fraction of sp³-hybridized carbons (Fsp3) is 0.455. The monoisotopic (exact) mass is 297 g/mol. The number of anilines is 3. The van der Waals surface area contributed by atoms with Crippen LogP contribution in [-0.4, -0.2) is 18.8 Å². The minimum atomic E-state index is -4.45. The van der Waals surface area contributed by atoms with Crippen LogP contribution in [0.3, 0.4) is 0 Å². The average molecular weight is 298 g/mol. The maximum atomic E-state index is 14.0. The van der Waals surface area contributed by atoms with Gasteiger partial charge in [-0.15, -0.1) is 0 Å². The molecule has 1 aliphatic rings. The summed E-state index contributed by atoms with van der Waals surface area (Å²) < 4.78 is 51.7.